The number of hydrogen-bond donors (Lipinski definition) is 0. The van der Waals surface area contributed by atoms with Gasteiger partial charge in [-0.15, -0.1) is 6.42 Å². The summed E-state index contributed by atoms with van der Waals surface area (Å²) < 4.78 is 0. The lowest BCUT2D eigenvalue weighted by Gasteiger charge is -2.16. The van der Waals surface area contributed by atoms with E-state index in [9.17, 15) is 9.59 Å². The second-order valence-electron chi connectivity index (χ2n) is 4.09. The number of carbonyl (C=O) groups is 2. The fourth-order valence-corrected chi connectivity index (χ4v) is 2.43. The van der Waals surface area contributed by atoms with Crippen LogP contribution in [0.2, 0.25) is 10.0 Å². The molecule has 3 amide bonds. The first-order valence-corrected chi connectivity index (χ1v) is 6.25. The summed E-state index contributed by atoms with van der Waals surface area (Å²) >= 11 is 11.8. The molecule has 1 saturated heterocycles. The predicted octanol–water partition coefficient (Wildman–Crippen LogP) is 2.78. The molecule has 0 bridgehead atoms. The van der Waals surface area contributed by atoms with E-state index in [0.717, 1.165) is 4.90 Å². The SMILES string of the molecule is C#CCN1C(=O)N(c2cc(Cl)cc(Cl)c2)C(=O)C1C. The fraction of sp³-hybridized carbons (Fsp3) is 0.231. The number of amides is 3. The minimum Gasteiger partial charge on any atom is -0.301 e. The van der Waals surface area contributed by atoms with Crippen molar-refractivity contribution in [2.24, 2.45) is 0 Å². The van der Waals surface area contributed by atoms with Gasteiger partial charge in [0.2, 0.25) is 0 Å². The Morgan fingerprint density at radius 1 is 1.26 bits per heavy atom. The topological polar surface area (TPSA) is 40.6 Å². The molecule has 1 atom stereocenters. The molecule has 2 rings (SSSR count). The third kappa shape index (κ3) is 2.40. The van der Waals surface area contributed by atoms with E-state index in [1.165, 1.54) is 23.1 Å². The van der Waals surface area contributed by atoms with Gasteiger partial charge in [-0.25, -0.2) is 9.69 Å². The smallest absolute Gasteiger partial charge is 0.301 e. The highest BCUT2D eigenvalue weighted by molar-refractivity contribution is 6.35. The second-order valence-corrected chi connectivity index (χ2v) is 4.96. The molecule has 1 fully saturated rings. The van der Waals surface area contributed by atoms with Crippen molar-refractivity contribution in [3.05, 3.63) is 28.2 Å². The number of hydrogen-bond acceptors (Lipinski definition) is 2. The number of anilines is 1. The van der Waals surface area contributed by atoms with Crippen molar-refractivity contribution in [1.29, 1.82) is 0 Å². The Kier molecular flexibility index (Phi) is 3.70. The molecule has 19 heavy (non-hydrogen) atoms. The lowest BCUT2D eigenvalue weighted by atomic mass is 10.2. The molecule has 0 radical (unpaired) electrons. The minimum absolute atomic E-state index is 0.0799. The van der Waals surface area contributed by atoms with Crippen molar-refractivity contribution in [3.63, 3.8) is 0 Å². The van der Waals surface area contributed by atoms with Crippen LogP contribution in [0.1, 0.15) is 6.92 Å². The van der Waals surface area contributed by atoms with Crippen LogP contribution in [0.5, 0.6) is 0 Å². The Morgan fingerprint density at radius 2 is 1.84 bits per heavy atom. The number of carbonyl (C=O) groups excluding carboxylic acids is 2. The summed E-state index contributed by atoms with van der Waals surface area (Å²) in [5.74, 6) is 2.01. The van der Waals surface area contributed by atoms with Gasteiger partial charge in [0.1, 0.15) is 6.04 Å². The Balaban J connectivity index is 2.42. The van der Waals surface area contributed by atoms with Crippen LogP contribution in [0.4, 0.5) is 10.5 Å². The van der Waals surface area contributed by atoms with E-state index in [0.29, 0.717) is 15.7 Å². The van der Waals surface area contributed by atoms with E-state index >= 15 is 0 Å². The molecule has 1 unspecified atom stereocenters. The standard InChI is InChI=1S/C13H10Cl2N2O2/c1-3-4-16-8(2)12(18)17(13(16)19)11-6-9(14)5-10(15)7-11/h1,5-8H,4H2,2H3. The average molecular weight is 297 g/mol. The first-order valence-electron chi connectivity index (χ1n) is 5.50. The highest BCUT2D eigenvalue weighted by atomic mass is 35.5. The maximum absolute atomic E-state index is 12.2. The lowest BCUT2D eigenvalue weighted by Crippen LogP contribution is -2.34. The van der Waals surface area contributed by atoms with Crippen molar-refractivity contribution >= 4 is 40.8 Å². The number of rotatable bonds is 2. The van der Waals surface area contributed by atoms with Crippen LogP contribution in [0.3, 0.4) is 0 Å². The maximum Gasteiger partial charge on any atom is 0.332 e. The van der Waals surface area contributed by atoms with Crippen LogP contribution in [-0.2, 0) is 4.79 Å². The van der Waals surface area contributed by atoms with Crippen molar-refractivity contribution in [2.45, 2.75) is 13.0 Å². The summed E-state index contributed by atoms with van der Waals surface area (Å²) in [7, 11) is 0. The molecule has 0 N–H and O–H groups in total. The average Bonchev–Trinajstić information content (AvgIpc) is 2.52. The van der Waals surface area contributed by atoms with Gasteiger partial charge < -0.3 is 4.90 Å². The molecule has 1 aromatic carbocycles. The number of urea groups is 1. The van der Waals surface area contributed by atoms with Gasteiger partial charge in [-0.1, -0.05) is 29.1 Å². The van der Waals surface area contributed by atoms with Crippen LogP contribution in [0.15, 0.2) is 18.2 Å². The maximum atomic E-state index is 12.2. The monoisotopic (exact) mass is 296 g/mol. The lowest BCUT2D eigenvalue weighted by molar-refractivity contribution is -0.119. The molecule has 4 nitrogen and oxygen atoms in total. The van der Waals surface area contributed by atoms with Crippen molar-refractivity contribution in [2.75, 3.05) is 11.4 Å². The largest absolute Gasteiger partial charge is 0.332 e. The number of imide groups is 1. The van der Waals surface area contributed by atoms with E-state index in [1.54, 1.807) is 6.92 Å². The highest BCUT2D eigenvalue weighted by Gasteiger charge is 2.43. The van der Waals surface area contributed by atoms with Gasteiger partial charge >= 0.3 is 6.03 Å². The van der Waals surface area contributed by atoms with Gasteiger partial charge in [-0.3, -0.25) is 4.79 Å². The van der Waals surface area contributed by atoms with Crippen molar-refractivity contribution in [3.8, 4) is 12.3 Å². The third-order valence-electron chi connectivity index (χ3n) is 2.85. The number of halogens is 2. The van der Waals surface area contributed by atoms with E-state index in [1.807, 2.05) is 0 Å². The third-order valence-corrected chi connectivity index (χ3v) is 3.29. The molecule has 1 aromatic rings. The van der Waals surface area contributed by atoms with Crippen LogP contribution < -0.4 is 4.90 Å². The molecule has 0 saturated carbocycles. The van der Waals surface area contributed by atoms with E-state index < -0.39 is 12.1 Å². The number of terminal acetylenes is 1. The molecule has 1 heterocycles. The van der Waals surface area contributed by atoms with Crippen LogP contribution >= 0.6 is 23.2 Å². The Morgan fingerprint density at radius 3 is 2.37 bits per heavy atom. The summed E-state index contributed by atoms with van der Waals surface area (Å²) in [4.78, 5) is 26.7. The van der Waals surface area contributed by atoms with E-state index in [4.69, 9.17) is 29.6 Å². The predicted molar refractivity (Wildman–Crippen MR) is 74.3 cm³/mol. The highest BCUT2D eigenvalue weighted by Crippen LogP contribution is 2.30. The molecule has 0 aliphatic carbocycles. The van der Waals surface area contributed by atoms with E-state index in [2.05, 4.69) is 5.92 Å². The quantitative estimate of drug-likeness (QED) is 0.622. The summed E-state index contributed by atoms with van der Waals surface area (Å²) in [6.07, 6.45) is 5.19. The molecule has 0 spiro atoms. The first kappa shape index (κ1) is 13.7. The van der Waals surface area contributed by atoms with Gasteiger partial charge in [-0.05, 0) is 25.1 Å². The molecule has 0 aromatic heterocycles. The Labute approximate surface area is 120 Å². The first-order chi connectivity index (χ1) is 8.95. The minimum atomic E-state index is -0.596. The molecule has 1 aliphatic rings. The van der Waals surface area contributed by atoms with Crippen molar-refractivity contribution < 1.29 is 9.59 Å². The van der Waals surface area contributed by atoms with Crippen LogP contribution in [-0.4, -0.2) is 29.4 Å². The van der Waals surface area contributed by atoms with E-state index in [-0.39, 0.29) is 12.5 Å². The van der Waals surface area contributed by atoms with Gasteiger partial charge in [0, 0.05) is 10.0 Å². The van der Waals surface area contributed by atoms with Crippen molar-refractivity contribution in [1.82, 2.24) is 4.90 Å². The molecule has 98 valence electrons. The van der Waals surface area contributed by atoms with Crippen LogP contribution in [0.25, 0.3) is 0 Å². The number of benzene rings is 1. The zero-order valence-electron chi connectivity index (χ0n) is 10.1. The molecule has 6 heteroatoms. The van der Waals surface area contributed by atoms with Gasteiger partial charge in [-0.2, -0.15) is 0 Å². The molecular weight excluding hydrogens is 287 g/mol. The molecular formula is C13H10Cl2N2O2. The zero-order chi connectivity index (χ0) is 14.2. The number of nitrogens with zero attached hydrogens (tertiary/aromatic N) is 2. The Bertz CT molecular complexity index is 575. The summed E-state index contributed by atoms with van der Waals surface area (Å²) in [6, 6.07) is 3.49. The second kappa shape index (κ2) is 5.12. The van der Waals surface area contributed by atoms with Gasteiger partial charge in [0.15, 0.2) is 0 Å². The Hall–Kier alpha value is -1.70. The van der Waals surface area contributed by atoms with Gasteiger partial charge in [0.25, 0.3) is 5.91 Å². The zero-order valence-corrected chi connectivity index (χ0v) is 11.6. The summed E-state index contributed by atoms with van der Waals surface area (Å²) in [5.41, 5.74) is 0.346. The molecule has 1 aliphatic heterocycles. The fourth-order valence-electron chi connectivity index (χ4n) is 1.92. The van der Waals surface area contributed by atoms with Gasteiger partial charge in [0.05, 0.1) is 12.2 Å². The summed E-state index contributed by atoms with van der Waals surface area (Å²) in [5, 5.41) is 0.706. The normalized spacial score (nSPS) is 18.9. The van der Waals surface area contributed by atoms with Crippen LogP contribution in [0, 0.1) is 12.3 Å². The summed E-state index contributed by atoms with van der Waals surface area (Å²) in [6.45, 7) is 1.71.